The number of pyridine rings is 1. The first kappa shape index (κ1) is 17.9. The van der Waals surface area contributed by atoms with Crippen molar-refractivity contribution in [2.24, 2.45) is 0 Å². The van der Waals surface area contributed by atoms with E-state index in [0.717, 1.165) is 13.0 Å². The number of anilines is 1. The quantitative estimate of drug-likeness (QED) is 0.730. The molecule has 0 aliphatic heterocycles. The maximum atomic E-state index is 13.5. The van der Waals surface area contributed by atoms with Gasteiger partial charge in [0.15, 0.2) is 0 Å². The molecule has 128 valence electrons. The Balaban J connectivity index is 1.82. The zero-order valence-corrected chi connectivity index (χ0v) is 14.1. The number of amides is 1. The number of benzene rings is 1. The molecule has 24 heavy (non-hydrogen) atoms. The van der Waals surface area contributed by atoms with Gasteiger partial charge in [-0.1, -0.05) is 18.2 Å². The number of hydrogen-bond donors (Lipinski definition) is 2. The summed E-state index contributed by atoms with van der Waals surface area (Å²) in [5.74, 6) is 0.211. The van der Waals surface area contributed by atoms with E-state index in [9.17, 15) is 9.18 Å². The van der Waals surface area contributed by atoms with Crippen molar-refractivity contribution in [3.8, 4) is 0 Å². The number of carbonyl (C=O) groups excluding carboxylic acids is 1. The fraction of sp³-hybridized carbons (Fsp3) is 0.333. The van der Waals surface area contributed by atoms with Crippen LogP contribution in [0.15, 0.2) is 42.6 Å². The van der Waals surface area contributed by atoms with Crippen molar-refractivity contribution in [2.45, 2.75) is 13.0 Å². The van der Waals surface area contributed by atoms with Crippen LogP contribution in [0.5, 0.6) is 0 Å². The second kappa shape index (κ2) is 8.98. The summed E-state index contributed by atoms with van der Waals surface area (Å²) in [6.45, 7) is 1.90. The van der Waals surface area contributed by atoms with Gasteiger partial charge in [0.2, 0.25) is 0 Å². The summed E-state index contributed by atoms with van der Waals surface area (Å²) >= 11 is 0. The molecule has 2 rings (SSSR count). The molecule has 2 N–H and O–H groups in total. The Morgan fingerprint density at radius 1 is 1.21 bits per heavy atom. The summed E-state index contributed by atoms with van der Waals surface area (Å²) in [4.78, 5) is 18.3. The van der Waals surface area contributed by atoms with Gasteiger partial charge in [-0.15, -0.1) is 0 Å². The predicted octanol–water partition coefficient (Wildman–Crippen LogP) is 2.51. The fourth-order valence-electron chi connectivity index (χ4n) is 2.16. The third kappa shape index (κ3) is 5.62. The van der Waals surface area contributed by atoms with E-state index in [-0.39, 0.29) is 11.7 Å². The molecule has 0 saturated carbocycles. The zero-order valence-electron chi connectivity index (χ0n) is 14.1. The second-order valence-electron chi connectivity index (χ2n) is 5.79. The zero-order chi connectivity index (χ0) is 17.4. The molecule has 0 aliphatic rings. The van der Waals surface area contributed by atoms with Crippen molar-refractivity contribution < 1.29 is 9.18 Å². The Bertz CT molecular complexity index is 658. The number of hydrogen-bond acceptors (Lipinski definition) is 4. The molecule has 1 amide bonds. The van der Waals surface area contributed by atoms with Gasteiger partial charge in [-0.05, 0) is 45.3 Å². The van der Waals surface area contributed by atoms with E-state index in [1.165, 1.54) is 12.3 Å². The van der Waals surface area contributed by atoms with Crippen molar-refractivity contribution in [3.63, 3.8) is 0 Å². The highest BCUT2D eigenvalue weighted by Gasteiger charge is 2.06. The smallest absolute Gasteiger partial charge is 0.252 e. The van der Waals surface area contributed by atoms with E-state index in [1.54, 1.807) is 30.3 Å². The molecule has 2 aromatic rings. The minimum Gasteiger partial charge on any atom is -0.366 e. The normalized spacial score (nSPS) is 10.7. The van der Waals surface area contributed by atoms with Crippen LogP contribution in [0.3, 0.4) is 0 Å². The monoisotopic (exact) mass is 330 g/mol. The summed E-state index contributed by atoms with van der Waals surface area (Å²) in [5.41, 5.74) is 1.08. The van der Waals surface area contributed by atoms with E-state index in [1.807, 2.05) is 14.1 Å². The van der Waals surface area contributed by atoms with E-state index in [2.05, 4.69) is 20.5 Å². The number of aromatic nitrogens is 1. The van der Waals surface area contributed by atoms with Gasteiger partial charge in [-0.25, -0.2) is 9.37 Å². The third-order valence-corrected chi connectivity index (χ3v) is 3.51. The van der Waals surface area contributed by atoms with Crippen molar-refractivity contribution >= 4 is 11.7 Å². The molecule has 0 radical (unpaired) electrons. The van der Waals surface area contributed by atoms with Crippen LogP contribution in [0.25, 0.3) is 0 Å². The van der Waals surface area contributed by atoms with Gasteiger partial charge in [-0.3, -0.25) is 4.79 Å². The first-order chi connectivity index (χ1) is 11.6. The lowest BCUT2D eigenvalue weighted by Gasteiger charge is -2.10. The standard InChI is InChI=1S/C18H23FN4O/c1-23(2)11-5-10-20-18(24)15-8-9-17(22-13-15)21-12-14-6-3-4-7-16(14)19/h3-4,6-9,13H,5,10-12H2,1-2H3,(H,20,24)(H,21,22). The van der Waals surface area contributed by atoms with Crippen LogP contribution in [0.1, 0.15) is 22.3 Å². The van der Waals surface area contributed by atoms with Gasteiger partial charge in [0.05, 0.1) is 5.56 Å². The Hall–Kier alpha value is -2.47. The molecule has 5 nitrogen and oxygen atoms in total. The molecule has 0 atom stereocenters. The predicted molar refractivity (Wildman–Crippen MR) is 93.5 cm³/mol. The van der Waals surface area contributed by atoms with Crippen molar-refractivity contribution in [1.29, 1.82) is 0 Å². The highest BCUT2D eigenvalue weighted by Crippen LogP contribution is 2.10. The van der Waals surface area contributed by atoms with Crippen LogP contribution >= 0.6 is 0 Å². The van der Waals surface area contributed by atoms with Crippen LogP contribution < -0.4 is 10.6 Å². The first-order valence-corrected chi connectivity index (χ1v) is 7.92. The van der Waals surface area contributed by atoms with Crippen molar-refractivity contribution in [3.05, 3.63) is 59.5 Å². The highest BCUT2D eigenvalue weighted by molar-refractivity contribution is 5.94. The molecule has 1 aromatic heterocycles. The molecule has 0 unspecified atom stereocenters. The average Bonchev–Trinajstić information content (AvgIpc) is 2.58. The minimum atomic E-state index is -0.251. The van der Waals surface area contributed by atoms with Crippen LogP contribution in [0, 0.1) is 5.82 Å². The van der Waals surface area contributed by atoms with Crippen LogP contribution in [0.2, 0.25) is 0 Å². The topological polar surface area (TPSA) is 57.3 Å². The molecular formula is C18H23FN4O. The lowest BCUT2D eigenvalue weighted by Crippen LogP contribution is -2.27. The largest absolute Gasteiger partial charge is 0.366 e. The van der Waals surface area contributed by atoms with Gasteiger partial charge < -0.3 is 15.5 Å². The number of nitrogens with zero attached hydrogens (tertiary/aromatic N) is 2. The van der Waals surface area contributed by atoms with E-state index < -0.39 is 0 Å². The van der Waals surface area contributed by atoms with Gasteiger partial charge in [0, 0.05) is 24.8 Å². The molecule has 0 bridgehead atoms. The minimum absolute atomic E-state index is 0.137. The summed E-state index contributed by atoms with van der Waals surface area (Å²) < 4.78 is 13.5. The number of nitrogens with one attached hydrogen (secondary N) is 2. The number of halogens is 1. The maximum absolute atomic E-state index is 13.5. The molecule has 0 aliphatic carbocycles. The van der Waals surface area contributed by atoms with Gasteiger partial charge in [-0.2, -0.15) is 0 Å². The second-order valence-corrected chi connectivity index (χ2v) is 5.79. The van der Waals surface area contributed by atoms with E-state index in [0.29, 0.717) is 30.0 Å². The molecule has 0 spiro atoms. The SMILES string of the molecule is CN(C)CCCNC(=O)c1ccc(NCc2ccccc2F)nc1. The molecule has 0 saturated heterocycles. The Kier molecular flexibility index (Phi) is 6.69. The highest BCUT2D eigenvalue weighted by atomic mass is 19.1. The van der Waals surface area contributed by atoms with Crippen molar-refractivity contribution in [1.82, 2.24) is 15.2 Å². The van der Waals surface area contributed by atoms with E-state index in [4.69, 9.17) is 0 Å². The van der Waals surface area contributed by atoms with Crippen LogP contribution in [-0.2, 0) is 6.54 Å². The third-order valence-electron chi connectivity index (χ3n) is 3.51. The lowest BCUT2D eigenvalue weighted by atomic mass is 10.2. The molecule has 1 heterocycles. The Labute approximate surface area is 141 Å². The first-order valence-electron chi connectivity index (χ1n) is 7.92. The summed E-state index contributed by atoms with van der Waals surface area (Å²) in [5, 5.41) is 5.91. The average molecular weight is 330 g/mol. The summed E-state index contributed by atoms with van der Waals surface area (Å²) in [6.07, 6.45) is 2.42. The van der Waals surface area contributed by atoms with Gasteiger partial charge in [0.25, 0.3) is 5.91 Å². The Morgan fingerprint density at radius 2 is 2.00 bits per heavy atom. The molecular weight excluding hydrogens is 307 g/mol. The molecule has 6 heteroatoms. The lowest BCUT2D eigenvalue weighted by molar-refractivity contribution is 0.0952. The van der Waals surface area contributed by atoms with Crippen LogP contribution in [0.4, 0.5) is 10.2 Å². The van der Waals surface area contributed by atoms with Gasteiger partial charge >= 0.3 is 0 Å². The van der Waals surface area contributed by atoms with Crippen LogP contribution in [-0.4, -0.2) is 43.0 Å². The number of carbonyl (C=O) groups is 1. The maximum Gasteiger partial charge on any atom is 0.252 e. The number of rotatable bonds is 8. The molecule has 1 aromatic carbocycles. The van der Waals surface area contributed by atoms with E-state index >= 15 is 0 Å². The summed E-state index contributed by atoms with van der Waals surface area (Å²) in [7, 11) is 4.00. The fourth-order valence-corrected chi connectivity index (χ4v) is 2.16. The summed E-state index contributed by atoms with van der Waals surface area (Å²) in [6, 6.07) is 10.0. The van der Waals surface area contributed by atoms with Crippen molar-refractivity contribution in [2.75, 3.05) is 32.5 Å². The van der Waals surface area contributed by atoms with Gasteiger partial charge in [0.1, 0.15) is 11.6 Å². The molecule has 0 fully saturated rings. The Morgan fingerprint density at radius 3 is 2.67 bits per heavy atom.